The number of hydrogen-bond donors (Lipinski definition) is 1. The molecule has 0 radical (unpaired) electrons. The predicted octanol–water partition coefficient (Wildman–Crippen LogP) is 4.82. The van der Waals surface area contributed by atoms with Gasteiger partial charge >= 0.3 is 0 Å². The van der Waals surface area contributed by atoms with Gasteiger partial charge < -0.3 is 28.7 Å². The lowest BCUT2D eigenvalue weighted by molar-refractivity contribution is -0.172. The number of carbonyl (C=O) groups excluding carboxylic acids is 1. The lowest BCUT2D eigenvalue weighted by Crippen LogP contribution is -2.42. The number of anilines is 1. The monoisotopic (exact) mass is 581 g/mol. The van der Waals surface area contributed by atoms with Gasteiger partial charge in [0.2, 0.25) is 6.54 Å². The van der Waals surface area contributed by atoms with Crippen molar-refractivity contribution < 1.29 is 23.3 Å². The number of amides is 1. The Morgan fingerprint density at radius 3 is 2.68 bits per heavy atom. The zero-order chi connectivity index (χ0) is 29.1. The molecule has 1 aromatic carbocycles. The number of nitrogens with zero attached hydrogens (tertiary/aromatic N) is 6. The summed E-state index contributed by atoms with van der Waals surface area (Å²) in [7, 11) is -1.49. The van der Waals surface area contributed by atoms with E-state index in [9.17, 15) is 4.79 Å². The first-order valence-corrected chi connectivity index (χ1v) is 15.0. The smallest absolute Gasteiger partial charge is 0.259 e. The van der Waals surface area contributed by atoms with Crippen LogP contribution < -0.4 is 5.32 Å². The van der Waals surface area contributed by atoms with Gasteiger partial charge in [0.25, 0.3) is 14.4 Å². The van der Waals surface area contributed by atoms with E-state index in [1.54, 1.807) is 30.6 Å². The molecule has 2 aliphatic heterocycles. The highest BCUT2D eigenvalue weighted by Crippen LogP contribution is 2.56. The minimum atomic E-state index is -1.49. The number of hydrogen-bond acceptors (Lipinski definition) is 9. The fourth-order valence-electron chi connectivity index (χ4n) is 5.39. The molecule has 2 saturated heterocycles. The third kappa shape index (κ3) is 5.71. The summed E-state index contributed by atoms with van der Waals surface area (Å²) in [6, 6.07) is 9.26. The number of aromatic nitrogens is 4. The molecule has 2 aromatic heterocycles. The van der Waals surface area contributed by atoms with Gasteiger partial charge in [-0.05, 0) is 46.2 Å². The van der Waals surface area contributed by atoms with Crippen molar-refractivity contribution in [2.24, 2.45) is 0 Å². The van der Waals surface area contributed by atoms with Crippen LogP contribution in [0.1, 0.15) is 57.6 Å². The lowest BCUT2D eigenvalue weighted by Gasteiger charge is -2.38. The molecule has 2 fully saturated rings. The molecule has 3 aromatic rings. The van der Waals surface area contributed by atoms with Gasteiger partial charge in [-0.15, -0.1) is 0 Å². The molecule has 4 heterocycles. The summed E-state index contributed by atoms with van der Waals surface area (Å²) in [5, 5.41) is 2.85. The number of nitrogens with one attached hydrogen (secondary N) is 1. The van der Waals surface area contributed by atoms with E-state index in [0.717, 1.165) is 0 Å². The van der Waals surface area contributed by atoms with Crippen LogP contribution in [0.3, 0.4) is 0 Å². The number of benzene rings is 1. The maximum atomic E-state index is 12.8. The Morgan fingerprint density at radius 1 is 1.24 bits per heavy atom. The number of rotatable bonds is 12. The Bertz CT molecular complexity index is 1390. The summed E-state index contributed by atoms with van der Waals surface area (Å²) < 4.78 is 30.0. The highest BCUT2D eigenvalue weighted by molar-refractivity contribution is 7.44. The maximum absolute atomic E-state index is 12.8. The Hall–Kier alpha value is -3.04. The van der Waals surface area contributed by atoms with Crippen LogP contribution in [0.5, 0.6) is 0 Å². The molecule has 0 spiro atoms. The Morgan fingerprint density at radius 2 is 2.00 bits per heavy atom. The lowest BCUT2D eigenvalue weighted by atomic mass is 9.96. The molecule has 1 unspecified atom stereocenters. The SMILES string of the molecule is [C-]#[N+]CCOP(O[C@H]1[C@H]2OC[C@]1(CC)O[C@H]2n1cnc2c(NC(=O)c3ccccc3)ncnc21)N(C(C)C)C(C)C. The third-order valence-corrected chi connectivity index (χ3v) is 9.44. The summed E-state index contributed by atoms with van der Waals surface area (Å²) in [5.74, 6) is 0.0235. The van der Waals surface area contributed by atoms with Gasteiger partial charge in [-0.3, -0.25) is 9.36 Å². The maximum Gasteiger partial charge on any atom is 0.259 e. The molecular formula is C28H36N7O5P. The first-order chi connectivity index (χ1) is 19.8. The van der Waals surface area contributed by atoms with Gasteiger partial charge in [0.1, 0.15) is 30.7 Å². The van der Waals surface area contributed by atoms with Crippen LogP contribution >= 0.6 is 8.53 Å². The molecule has 5 atom stereocenters. The van der Waals surface area contributed by atoms with Crippen LogP contribution in [0.15, 0.2) is 43.0 Å². The van der Waals surface area contributed by atoms with Crippen molar-refractivity contribution in [1.82, 2.24) is 24.2 Å². The van der Waals surface area contributed by atoms with E-state index < -0.39 is 32.6 Å². The van der Waals surface area contributed by atoms with Crippen LogP contribution in [-0.4, -0.2) is 79.7 Å². The van der Waals surface area contributed by atoms with Crippen LogP contribution in [0.4, 0.5) is 5.82 Å². The van der Waals surface area contributed by atoms with E-state index in [1.807, 2.05) is 10.6 Å². The number of fused-ring (bicyclic) bond motifs is 3. The minimum absolute atomic E-state index is 0.169. The predicted molar refractivity (Wildman–Crippen MR) is 154 cm³/mol. The van der Waals surface area contributed by atoms with Crippen molar-refractivity contribution in [2.45, 2.75) is 77.2 Å². The first-order valence-electron chi connectivity index (χ1n) is 13.8. The average molecular weight is 582 g/mol. The van der Waals surface area contributed by atoms with Crippen LogP contribution in [0.25, 0.3) is 16.0 Å². The average Bonchev–Trinajstić information content (AvgIpc) is 3.63. The minimum Gasteiger partial charge on any atom is -0.368 e. The fourth-order valence-corrected chi connectivity index (χ4v) is 7.19. The van der Waals surface area contributed by atoms with E-state index >= 15 is 0 Å². The molecule has 2 bridgehead atoms. The standard InChI is InChI=1S/C28H36N7O5P/c1-7-28-15-37-22(23(28)40-41(38-14-13-29-6)35(18(2)3)19(4)5)27(39-28)34-17-32-21-24(30-16-31-25(21)34)33-26(36)20-11-9-8-10-12-20/h8-12,16-19,22-23,27H,7,13-15H2,1-5H3,(H,30,31,33,36)/t22-,23+,27-,28+,41?/m1/s1. The van der Waals surface area contributed by atoms with Crippen LogP contribution in [0.2, 0.25) is 0 Å². The topological polar surface area (TPSA) is 117 Å². The van der Waals surface area contributed by atoms with Crippen molar-refractivity contribution in [1.29, 1.82) is 0 Å². The second kappa shape index (κ2) is 12.4. The molecule has 41 heavy (non-hydrogen) atoms. The summed E-state index contributed by atoms with van der Waals surface area (Å²) in [6.45, 7) is 18.6. The van der Waals surface area contributed by atoms with Gasteiger partial charge in [0.15, 0.2) is 23.2 Å². The van der Waals surface area contributed by atoms with E-state index in [-0.39, 0.29) is 31.1 Å². The van der Waals surface area contributed by atoms with Gasteiger partial charge in [0, 0.05) is 17.6 Å². The largest absolute Gasteiger partial charge is 0.368 e. The number of imidazole rings is 1. The van der Waals surface area contributed by atoms with Crippen molar-refractivity contribution in [3.8, 4) is 0 Å². The highest BCUT2D eigenvalue weighted by Gasteiger charge is 2.63. The van der Waals surface area contributed by atoms with Gasteiger partial charge in [-0.2, -0.15) is 0 Å². The van der Waals surface area contributed by atoms with Gasteiger partial charge in [-0.25, -0.2) is 26.2 Å². The van der Waals surface area contributed by atoms with Crippen molar-refractivity contribution in [2.75, 3.05) is 25.1 Å². The quantitative estimate of drug-likeness (QED) is 0.182. The van der Waals surface area contributed by atoms with Crippen LogP contribution in [0, 0.1) is 6.57 Å². The molecule has 1 amide bonds. The molecule has 1 N–H and O–H groups in total. The van der Waals surface area contributed by atoms with E-state index in [1.165, 1.54) is 6.33 Å². The molecule has 13 heteroatoms. The summed E-state index contributed by atoms with van der Waals surface area (Å²) in [6.07, 6.45) is 2.29. The van der Waals surface area contributed by atoms with E-state index in [4.69, 9.17) is 25.1 Å². The third-order valence-electron chi connectivity index (χ3n) is 7.33. The molecule has 218 valence electrons. The molecule has 12 nitrogen and oxygen atoms in total. The summed E-state index contributed by atoms with van der Waals surface area (Å²) in [5.41, 5.74) is 0.783. The molecule has 0 saturated carbocycles. The van der Waals surface area contributed by atoms with E-state index in [0.29, 0.717) is 35.6 Å². The van der Waals surface area contributed by atoms with Crippen LogP contribution in [-0.2, 0) is 18.5 Å². The molecule has 0 aliphatic carbocycles. The zero-order valence-electron chi connectivity index (χ0n) is 23.9. The molecule has 5 rings (SSSR count). The zero-order valence-corrected chi connectivity index (χ0v) is 24.8. The van der Waals surface area contributed by atoms with Gasteiger partial charge in [-0.1, -0.05) is 25.1 Å². The Labute approximate surface area is 241 Å². The van der Waals surface area contributed by atoms with Crippen molar-refractivity contribution in [3.63, 3.8) is 0 Å². The first kappa shape index (κ1) is 29.5. The normalized spacial score (nSPS) is 24.4. The Balaban J connectivity index is 1.42. The fraction of sp³-hybridized carbons (Fsp3) is 0.536. The number of carbonyl (C=O) groups is 1. The van der Waals surface area contributed by atoms with E-state index in [2.05, 4.69) is 64.4 Å². The summed E-state index contributed by atoms with van der Waals surface area (Å²) in [4.78, 5) is 29.5. The highest BCUT2D eigenvalue weighted by atomic mass is 31.2. The molecular weight excluding hydrogens is 545 g/mol. The van der Waals surface area contributed by atoms with Gasteiger partial charge in [0.05, 0.1) is 12.9 Å². The Kier molecular flexibility index (Phi) is 8.94. The van der Waals surface area contributed by atoms with Crippen molar-refractivity contribution in [3.05, 3.63) is 60.0 Å². The van der Waals surface area contributed by atoms with Crippen molar-refractivity contribution >= 4 is 31.4 Å². The second-order valence-electron chi connectivity index (χ2n) is 10.6. The number of ether oxygens (including phenoxy) is 2. The molecule has 2 aliphatic rings. The second-order valence-corrected chi connectivity index (χ2v) is 12.0. The summed E-state index contributed by atoms with van der Waals surface area (Å²) >= 11 is 0.